The Morgan fingerprint density at radius 3 is 2.55 bits per heavy atom. The Morgan fingerprint density at radius 2 is 2.05 bits per heavy atom. The second-order valence-corrected chi connectivity index (χ2v) is 4.40. The lowest BCUT2D eigenvalue weighted by Crippen LogP contribution is -2.53. The van der Waals surface area contributed by atoms with Crippen LogP contribution in [0.4, 0.5) is 8.78 Å². The Hall–Kier alpha value is -2.18. The van der Waals surface area contributed by atoms with Crippen LogP contribution in [0.15, 0.2) is 18.2 Å². The van der Waals surface area contributed by atoms with Gasteiger partial charge in [0, 0.05) is 6.07 Å². The van der Waals surface area contributed by atoms with Gasteiger partial charge in [-0.3, -0.25) is 4.79 Å². The minimum absolute atomic E-state index is 0.180. The number of aliphatic carboxylic acids is 1. The number of amides is 1. The highest BCUT2D eigenvalue weighted by Gasteiger charge is 2.32. The molecule has 0 heterocycles. The quantitative estimate of drug-likeness (QED) is 0.835. The summed E-state index contributed by atoms with van der Waals surface area (Å²) in [6.07, 6.45) is 0.180. The standard InChI is InChI=1S/C13H15F2NO4/c1-3-13(2,12(18)19)16-11(17)7-20-10-5-4-8(14)6-9(10)15/h4-6H,3,7H2,1-2H3,(H,16,17)(H,18,19). The predicted octanol–water partition coefficient (Wildman–Crippen LogP) is 1.71. The summed E-state index contributed by atoms with van der Waals surface area (Å²) in [6, 6.07) is 2.67. The van der Waals surface area contributed by atoms with E-state index in [9.17, 15) is 18.4 Å². The highest BCUT2D eigenvalue weighted by Crippen LogP contribution is 2.17. The number of carbonyl (C=O) groups excluding carboxylic acids is 1. The van der Waals surface area contributed by atoms with E-state index in [1.807, 2.05) is 0 Å². The van der Waals surface area contributed by atoms with Gasteiger partial charge >= 0.3 is 5.97 Å². The molecule has 0 aliphatic heterocycles. The first-order valence-corrected chi connectivity index (χ1v) is 5.90. The highest BCUT2D eigenvalue weighted by molar-refractivity contribution is 5.87. The summed E-state index contributed by atoms with van der Waals surface area (Å²) < 4.78 is 30.8. The monoisotopic (exact) mass is 287 g/mol. The SMILES string of the molecule is CCC(C)(NC(=O)COc1ccc(F)cc1F)C(=O)O. The molecule has 0 aliphatic rings. The molecule has 0 spiro atoms. The molecule has 0 saturated carbocycles. The van der Waals surface area contributed by atoms with Crippen molar-refractivity contribution in [1.82, 2.24) is 5.32 Å². The maximum Gasteiger partial charge on any atom is 0.329 e. The molecule has 20 heavy (non-hydrogen) atoms. The molecule has 2 N–H and O–H groups in total. The van der Waals surface area contributed by atoms with Crippen LogP contribution in [0.3, 0.4) is 0 Å². The molecular formula is C13H15F2NO4. The van der Waals surface area contributed by atoms with Gasteiger partial charge in [0.1, 0.15) is 11.4 Å². The number of nitrogens with one attached hydrogen (secondary N) is 1. The van der Waals surface area contributed by atoms with Crippen molar-refractivity contribution in [2.75, 3.05) is 6.61 Å². The summed E-state index contributed by atoms with van der Waals surface area (Å²) in [7, 11) is 0. The minimum atomic E-state index is -1.41. The summed E-state index contributed by atoms with van der Waals surface area (Å²) >= 11 is 0. The zero-order chi connectivity index (χ0) is 15.3. The Labute approximate surface area is 114 Å². The van der Waals surface area contributed by atoms with E-state index >= 15 is 0 Å². The van der Waals surface area contributed by atoms with E-state index in [-0.39, 0.29) is 12.2 Å². The molecule has 1 atom stereocenters. The van der Waals surface area contributed by atoms with Crippen LogP contribution in [0, 0.1) is 11.6 Å². The molecular weight excluding hydrogens is 272 g/mol. The first-order chi connectivity index (χ1) is 9.28. The van der Waals surface area contributed by atoms with Crippen molar-refractivity contribution < 1.29 is 28.2 Å². The molecule has 0 aromatic heterocycles. The average Bonchev–Trinajstić information content (AvgIpc) is 2.37. The topological polar surface area (TPSA) is 75.6 Å². The van der Waals surface area contributed by atoms with Gasteiger partial charge < -0.3 is 15.2 Å². The molecule has 0 fully saturated rings. The lowest BCUT2D eigenvalue weighted by Gasteiger charge is -2.24. The number of benzene rings is 1. The van der Waals surface area contributed by atoms with Crippen molar-refractivity contribution in [1.29, 1.82) is 0 Å². The van der Waals surface area contributed by atoms with Gasteiger partial charge in [0.15, 0.2) is 18.2 Å². The summed E-state index contributed by atoms with van der Waals surface area (Å²) in [5.41, 5.74) is -1.41. The van der Waals surface area contributed by atoms with E-state index in [1.54, 1.807) is 6.92 Å². The van der Waals surface area contributed by atoms with Gasteiger partial charge in [-0.05, 0) is 25.5 Å². The molecule has 1 aromatic carbocycles. The zero-order valence-corrected chi connectivity index (χ0v) is 11.1. The predicted molar refractivity (Wildman–Crippen MR) is 66.3 cm³/mol. The van der Waals surface area contributed by atoms with E-state index in [1.165, 1.54) is 6.92 Å². The van der Waals surface area contributed by atoms with Crippen LogP contribution in [0.5, 0.6) is 5.75 Å². The molecule has 1 aromatic rings. The van der Waals surface area contributed by atoms with Crippen molar-refractivity contribution in [3.63, 3.8) is 0 Å². The highest BCUT2D eigenvalue weighted by atomic mass is 19.1. The van der Waals surface area contributed by atoms with E-state index in [0.29, 0.717) is 6.07 Å². The Bertz CT molecular complexity index is 521. The fraction of sp³-hybridized carbons (Fsp3) is 0.385. The van der Waals surface area contributed by atoms with Crippen molar-refractivity contribution in [3.05, 3.63) is 29.8 Å². The summed E-state index contributed by atoms with van der Waals surface area (Å²) in [5, 5.41) is 11.3. The maximum atomic E-state index is 13.2. The number of carbonyl (C=O) groups is 2. The van der Waals surface area contributed by atoms with Gasteiger partial charge in [0.2, 0.25) is 0 Å². The van der Waals surface area contributed by atoms with Crippen LogP contribution in [0.1, 0.15) is 20.3 Å². The minimum Gasteiger partial charge on any atom is -0.481 e. The van der Waals surface area contributed by atoms with E-state index < -0.39 is 35.7 Å². The van der Waals surface area contributed by atoms with Crippen LogP contribution in [-0.2, 0) is 9.59 Å². The molecule has 0 saturated heterocycles. The van der Waals surface area contributed by atoms with E-state index in [0.717, 1.165) is 12.1 Å². The number of rotatable bonds is 6. The van der Waals surface area contributed by atoms with Crippen molar-refractivity contribution in [2.24, 2.45) is 0 Å². The molecule has 1 rings (SSSR count). The third-order valence-electron chi connectivity index (χ3n) is 2.85. The molecule has 0 bridgehead atoms. The third kappa shape index (κ3) is 3.91. The van der Waals surface area contributed by atoms with E-state index in [2.05, 4.69) is 5.32 Å². The lowest BCUT2D eigenvalue weighted by molar-refractivity contribution is -0.147. The summed E-state index contributed by atoms with van der Waals surface area (Å²) in [5.74, 6) is -3.87. The molecule has 110 valence electrons. The van der Waals surface area contributed by atoms with Crippen LogP contribution in [0.25, 0.3) is 0 Å². The zero-order valence-electron chi connectivity index (χ0n) is 11.1. The van der Waals surface area contributed by atoms with Crippen LogP contribution in [-0.4, -0.2) is 29.1 Å². The second kappa shape index (κ2) is 6.31. The van der Waals surface area contributed by atoms with Crippen molar-refractivity contribution in [2.45, 2.75) is 25.8 Å². The number of hydrogen-bond acceptors (Lipinski definition) is 3. The average molecular weight is 287 g/mol. The summed E-state index contributed by atoms with van der Waals surface area (Å²) in [6.45, 7) is 2.39. The van der Waals surface area contributed by atoms with Crippen LogP contribution in [0.2, 0.25) is 0 Å². The fourth-order valence-electron chi connectivity index (χ4n) is 1.37. The smallest absolute Gasteiger partial charge is 0.329 e. The molecule has 1 unspecified atom stereocenters. The van der Waals surface area contributed by atoms with Crippen molar-refractivity contribution in [3.8, 4) is 5.75 Å². The number of carboxylic acids is 1. The van der Waals surface area contributed by atoms with Gasteiger partial charge in [0.05, 0.1) is 0 Å². The van der Waals surface area contributed by atoms with Gasteiger partial charge in [-0.15, -0.1) is 0 Å². The third-order valence-corrected chi connectivity index (χ3v) is 2.85. The normalized spacial score (nSPS) is 13.4. The van der Waals surface area contributed by atoms with Crippen molar-refractivity contribution >= 4 is 11.9 Å². The summed E-state index contributed by atoms with van der Waals surface area (Å²) in [4.78, 5) is 22.6. The Morgan fingerprint density at radius 1 is 1.40 bits per heavy atom. The van der Waals surface area contributed by atoms with Crippen LogP contribution >= 0.6 is 0 Å². The largest absolute Gasteiger partial charge is 0.481 e. The number of carboxylic acid groups (broad SMARTS) is 1. The first kappa shape index (κ1) is 15.9. The lowest BCUT2D eigenvalue weighted by atomic mass is 9.99. The Balaban J connectivity index is 2.62. The maximum absolute atomic E-state index is 13.2. The number of ether oxygens (including phenoxy) is 1. The molecule has 0 radical (unpaired) electrons. The Kier molecular flexibility index (Phi) is 5.01. The second-order valence-electron chi connectivity index (χ2n) is 4.40. The van der Waals surface area contributed by atoms with Gasteiger partial charge in [-0.1, -0.05) is 6.92 Å². The molecule has 1 amide bonds. The number of halogens is 2. The number of hydrogen-bond donors (Lipinski definition) is 2. The molecule has 5 nitrogen and oxygen atoms in total. The first-order valence-electron chi connectivity index (χ1n) is 5.90. The van der Waals surface area contributed by atoms with Gasteiger partial charge in [0.25, 0.3) is 5.91 Å². The van der Waals surface area contributed by atoms with Gasteiger partial charge in [-0.2, -0.15) is 0 Å². The molecule has 7 heteroatoms. The molecule has 0 aliphatic carbocycles. The van der Waals surface area contributed by atoms with Crippen LogP contribution < -0.4 is 10.1 Å². The van der Waals surface area contributed by atoms with E-state index in [4.69, 9.17) is 9.84 Å². The fourth-order valence-corrected chi connectivity index (χ4v) is 1.37. The van der Waals surface area contributed by atoms with Gasteiger partial charge in [-0.25, -0.2) is 13.6 Å².